The first-order chi connectivity index (χ1) is 9.75. The second-order valence-corrected chi connectivity index (χ2v) is 5.59. The summed E-state index contributed by atoms with van der Waals surface area (Å²) < 4.78 is 5.13. The summed E-state index contributed by atoms with van der Waals surface area (Å²) in [5, 5.41) is 5.07. The van der Waals surface area contributed by atoms with Gasteiger partial charge in [0.15, 0.2) is 0 Å². The molecule has 1 saturated heterocycles. The summed E-state index contributed by atoms with van der Waals surface area (Å²) in [6.45, 7) is 0. The molecular weight excluding hydrogens is 256 g/mol. The van der Waals surface area contributed by atoms with Gasteiger partial charge in [-0.1, -0.05) is 12.2 Å². The van der Waals surface area contributed by atoms with Crippen molar-refractivity contribution in [2.24, 2.45) is 28.8 Å². The molecule has 2 fully saturated rings. The average molecular weight is 270 g/mol. The Morgan fingerprint density at radius 3 is 2.30 bits per heavy atom. The molecule has 5 heteroatoms. The molecule has 5 rings (SSSR count). The Labute approximate surface area is 115 Å². The van der Waals surface area contributed by atoms with Crippen LogP contribution in [-0.2, 0) is 9.59 Å². The van der Waals surface area contributed by atoms with Gasteiger partial charge in [-0.15, -0.1) is 0 Å². The maximum absolute atomic E-state index is 12.4. The van der Waals surface area contributed by atoms with Crippen LogP contribution in [0.1, 0.15) is 18.6 Å². The summed E-state index contributed by atoms with van der Waals surface area (Å²) in [5.41, 5.74) is 0. The van der Waals surface area contributed by atoms with E-state index in [1.807, 2.05) is 0 Å². The molecule has 20 heavy (non-hydrogen) atoms. The molecule has 4 aliphatic rings. The number of rotatable bonds is 2. The van der Waals surface area contributed by atoms with Gasteiger partial charge in [-0.2, -0.15) is 10.1 Å². The maximum atomic E-state index is 12.4. The van der Waals surface area contributed by atoms with Crippen molar-refractivity contribution in [3.05, 3.63) is 36.3 Å². The van der Waals surface area contributed by atoms with Crippen LogP contribution in [-0.4, -0.2) is 23.0 Å². The Morgan fingerprint density at radius 1 is 1.15 bits per heavy atom. The molecule has 0 aromatic carbocycles. The first kappa shape index (κ1) is 11.6. The van der Waals surface area contributed by atoms with Crippen molar-refractivity contribution in [2.75, 3.05) is 0 Å². The highest BCUT2D eigenvalue weighted by molar-refractivity contribution is 6.06. The Hall–Kier alpha value is -2.17. The number of imide groups is 1. The summed E-state index contributed by atoms with van der Waals surface area (Å²) >= 11 is 0. The first-order valence-corrected chi connectivity index (χ1v) is 6.89. The second-order valence-electron chi connectivity index (χ2n) is 5.59. The number of hydrogen-bond acceptors (Lipinski definition) is 4. The highest BCUT2D eigenvalue weighted by Gasteiger charge is 2.56. The second kappa shape index (κ2) is 4.16. The number of hydrogen-bond donors (Lipinski definition) is 0. The van der Waals surface area contributed by atoms with Gasteiger partial charge in [0.2, 0.25) is 0 Å². The quantitative estimate of drug-likeness (QED) is 0.468. The van der Waals surface area contributed by atoms with Crippen LogP contribution in [0.5, 0.6) is 0 Å². The van der Waals surface area contributed by atoms with Gasteiger partial charge >= 0.3 is 0 Å². The molecule has 2 heterocycles. The van der Waals surface area contributed by atoms with Crippen LogP contribution in [0.4, 0.5) is 0 Å². The van der Waals surface area contributed by atoms with Crippen molar-refractivity contribution < 1.29 is 14.0 Å². The van der Waals surface area contributed by atoms with Crippen LogP contribution in [0.3, 0.4) is 0 Å². The first-order valence-electron chi connectivity index (χ1n) is 6.89. The van der Waals surface area contributed by atoms with Crippen molar-refractivity contribution in [3.63, 3.8) is 0 Å². The van der Waals surface area contributed by atoms with E-state index in [0.717, 1.165) is 17.9 Å². The maximum Gasteiger partial charge on any atom is 0.254 e. The fourth-order valence-corrected chi connectivity index (χ4v) is 3.65. The summed E-state index contributed by atoms with van der Waals surface area (Å²) in [7, 11) is 0. The Bertz CT molecular complexity index is 585. The van der Waals surface area contributed by atoms with Gasteiger partial charge in [-0.25, -0.2) is 0 Å². The third-order valence-corrected chi connectivity index (χ3v) is 4.58. The molecule has 2 bridgehead atoms. The van der Waals surface area contributed by atoms with Gasteiger partial charge in [-0.3, -0.25) is 9.59 Å². The van der Waals surface area contributed by atoms with E-state index in [0.29, 0.717) is 5.76 Å². The Balaban J connectivity index is 1.64. The highest BCUT2D eigenvalue weighted by Crippen LogP contribution is 2.49. The van der Waals surface area contributed by atoms with Gasteiger partial charge < -0.3 is 4.42 Å². The molecule has 5 nitrogen and oxygen atoms in total. The van der Waals surface area contributed by atoms with E-state index in [9.17, 15) is 9.59 Å². The number of furan rings is 1. The van der Waals surface area contributed by atoms with Crippen molar-refractivity contribution in [3.8, 4) is 0 Å². The minimum absolute atomic E-state index is 0.165. The van der Waals surface area contributed by atoms with Gasteiger partial charge in [-0.05, 0) is 36.8 Å². The zero-order chi connectivity index (χ0) is 13.7. The lowest BCUT2D eigenvalue weighted by atomic mass is 9.63. The van der Waals surface area contributed by atoms with E-state index in [1.165, 1.54) is 12.5 Å². The predicted molar refractivity (Wildman–Crippen MR) is 70.5 cm³/mol. The van der Waals surface area contributed by atoms with Crippen molar-refractivity contribution in [2.45, 2.75) is 12.8 Å². The van der Waals surface area contributed by atoms with Gasteiger partial charge in [0, 0.05) is 0 Å². The number of carbonyl (C=O) groups excluding carboxylic acids is 2. The molecule has 102 valence electrons. The fraction of sp³-hybridized carbons (Fsp3) is 0.400. The molecule has 1 aliphatic heterocycles. The van der Waals surface area contributed by atoms with E-state index in [2.05, 4.69) is 17.3 Å². The van der Waals surface area contributed by atoms with E-state index < -0.39 is 0 Å². The molecule has 1 saturated carbocycles. The van der Waals surface area contributed by atoms with Crippen LogP contribution >= 0.6 is 0 Å². The zero-order valence-corrected chi connectivity index (χ0v) is 10.8. The Kier molecular flexibility index (Phi) is 2.42. The lowest BCUT2D eigenvalue weighted by Gasteiger charge is -2.37. The summed E-state index contributed by atoms with van der Waals surface area (Å²) in [6.07, 6.45) is 9.13. The van der Waals surface area contributed by atoms with Crippen LogP contribution in [0.15, 0.2) is 40.1 Å². The monoisotopic (exact) mass is 270 g/mol. The van der Waals surface area contributed by atoms with E-state index in [-0.39, 0.29) is 35.5 Å². The molecule has 0 N–H and O–H groups in total. The lowest BCUT2D eigenvalue weighted by Crippen LogP contribution is -2.38. The smallest absolute Gasteiger partial charge is 0.254 e. The van der Waals surface area contributed by atoms with E-state index in [4.69, 9.17) is 4.42 Å². The molecule has 0 unspecified atom stereocenters. The number of nitrogens with zero attached hydrogens (tertiary/aromatic N) is 2. The summed E-state index contributed by atoms with van der Waals surface area (Å²) in [4.78, 5) is 24.9. The molecular formula is C15H14N2O3. The number of carbonyl (C=O) groups is 2. The number of fused-ring (bicyclic) bond motifs is 1. The van der Waals surface area contributed by atoms with E-state index in [1.54, 1.807) is 12.1 Å². The van der Waals surface area contributed by atoms with Crippen molar-refractivity contribution in [1.29, 1.82) is 0 Å². The summed E-state index contributed by atoms with van der Waals surface area (Å²) in [6, 6.07) is 3.46. The van der Waals surface area contributed by atoms with Crippen LogP contribution < -0.4 is 0 Å². The Morgan fingerprint density at radius 2 is 1.80 bits per heavy atom. The van der Waals surface area contributed by atoms with Crippen LogP contribution in [0.2, 0.25) is 0 Å². The van der Waals surface area contributed by atoms with E-state index >= 15 is 0 Å². The normalized spacial score (nSPS) is 35.3. The van der Waals surface area contributed by atoms with Crippen LogP contribution in [0, 0.1) is 23.7 Å². The molecule has 0 radical (unpaired) electrons. The largest absolute Gasteiger partial charge is 0.463 e. The third kappa shape index (κ3) is 1.52. The van der Waals surface area contributed by atoms with Gasteiger partial charge in [0.05, 0.1) is 24.3 Å². The number of hydrazone groups is 1. The standard InChI is InChI=1S/C15H14N2O3/c18-14-12-9-3-4-10(6-5-9)13(12)15(19)17(14)16-8-11-2-1-7-20-11/h1-4,7-10,12-13H,5-6H2/b16-8-/t9-,10+,12-,13-/m0/s1. The minimum atomic E-state index is -0.208. The van der Waals surface area contributed by atoms with Crippen LogP contribution in [0.25, 0.3) is 0 Å². The SMILES string of the molecule is O=C1[C@@H]2[C@@H](C(=O)N1/N=C\c1ccco1)[C@H]1C=C[C@@H]2CC1. The third-order valence-electron chi connectivity index (χ3n) is 4.58. The molecule has 3 aliphatic carbocycles. The zero-order valence-electron chi connectivity index (χ0n) is 10.8. The summed E-state index contributed by atoms with van der Waals surface area (Å²) in [5.74, 6) is 0.181. The van der Waals surface area contributed by atoms with Crippen molar-refractivity contribution in [1.82, 2.24) is 5.01 Å². The number of amides is 2. The topological polar surface area (TPSA) is 62.9 Å². The molecule has 1 aromatic heterocycles. The molecule has 4 atom stereocenters. The minimum Gasteiger partial charge on any atom is -0.463 e. The molecule has 1 aromatic rings. The van der Waals surface area contributed by atoms with Gasteiger partial charge in [0.1, 0.15) is 5.76 Å². The average Bonchev–Trinajstić information content (AvgIpc) is 3.08. The number of allylic oxidation sites excluding steroid dienone is 2. The van der Waals surface area contributed by atoms with Gasteiger partial charge in [0.25, 0.3) is 11.8 Å². The van der Waals surface area contributed by atoms with Crippen molar-refractivity contribution >= 4 is 18.0 Å². The fourth-order valence-electron chi connectivity index (χ4n) is 3.65. The lowest BCUT2D eigenvalue weighted by molar-refractivity contribution is -0.140. The molecule has 2 amide bonds. The predicted octanol–water partition coefficient (Wildman–Crippen LogP) is 1.81. The molecule has 0 spiro atoms. The highest BCUT2D eigenvalue weighted by atomic mass is 16.3.